The molecule has 0 bridgehead atoms. The summed E-state index contributed by atoms with van der Waals surface area (Å²) in [4.78, 5) is 32.5. The maximum absolute atomic E-state index is 13.6. The Morgan fingerprint density at radius 3 is 2.19 bits per heavy atom. The Labute approximate surface area is 211 Å². The van der Waals surface area contributed by atoms with Crippen LogP contribution in [0.3, 0.4) is 0 Å². The molecule has 0 aliphatic heterocycles. The van der Waals surface area contributed by atoms with Gasteiger partial charge >= 0.3 is 0 Å². The average molecular weight is 511 g/mol. The van der Waals surface area contributed by atoms with Gasteiger partial charge < -0.3 is 15.0 Å². The zero-order valence-corrected chi connectivity index (χ0v) is 21.3. The normalized spacial score (nSPS) is 12.1. The third-order valence-corrected chi connectivity index (χ3v) is 6.91. The van der Waals surface area contributed by atoms with Gasteiger partial charge in [-0.15, -0.1) is 0 Å². The monoisotopic (exact) mass is 510 g/mol. The molecule has 3 rings (SSSR count). The number of likely N-dealkylation sites (N-methyl/N-ethyl adjacent to an activating group) is 1. The number of sulfonamides is 1. The lowest BCUT2D eigenvalue weighted by Gasteiger charge is -2.32. The summed E-state index contributed by atoms with van der Waals surface area (Å²) in [5, 5.41) is 2.91. The molecule has 2 amide bonds. The zero-order chi connectivity index (χ0) is 26.1. The van der Waals surface area contributed by atoms with E-state index in [4.69, 9.17) is 4.74 Å². The van der Waals surface area contributed by atoms with Crippen LogP contribution in [-0.2, 0) is 32.7 Å². The first-order valence-electron chi connectivity index (χ1n) is 11.2. The summed E-state index contributed by atoms with van der Waals surface area (Å²) in [5.41, 5.74) is 2.22. The van der Waals surface area contributed by atoms with Gasteiger partial charge in [-0.3, -0.25) is 14.6 Å². The maximum Gasteiger partial charge on any atom is 0.247 e. The van der Waals surface area contributed by atoms with E-state index < -0.39 is 28.5 Å². The van der Waals surface area contributed by atoms with Crippen LogP contribution in [0.4, 0.5) is 0 Å². The van der Waals surface area contributed by atoms with Crippen LogP contribution in [0.5, 0.6) is 5.75 Å². The lowest BCUT2D eigenvalue weighted by atomic mass is 10.0. The number of nitrogens with zero attached hydrogens (tertiary/aromatic N) is 3. The summed E-state index contributed by atoms with van der Waals surface area (Å²) < 4.78 is 30.2. The third-order valence-electron chi connectivity index (χ3n) is 5.65. The molecule has 3 aromatic rings. The number of rotatable bonds is 11. The smallest absolute Gasteiger partial charge is 0.247 e. The largest absolute Gasteiger partial charge is 0.497 e. The Morgan fingerprint density at radius 2 is 1.61 bits per heavy atom. The van der Waals surface area contributed by atoms with E-state index in [1.54, 1.807) is 80.2 Å². The minimum atomic E-state index is -3.61. The molecule has 0 radical (unpaired) electrons. The predicted molar refractivity (Wildman–Crippen MR) is 136 cm³/mol. The van der Waals surface area contributed by atoms with Crippen molar-refractivity contribution < 1.29 is 22.7 Å². The van der Waals surface area contributed by atoms with Gasteiger partial charge in [-0.1, -0.05) is 42.5 Å². The summed E-state index contributed by atoms with van der Waals surface area (Å²) in [6.45, 7) is -0.0723. The first-order chi connectivity index (χ1) is 17.2. The molecule has 0 saturated heterocycles. The topological polar surface area (TPSA) is 109 Å². The predicted octanol–water partition coefficient (Wildman–Crippen LogP) is 2.37. The number of carbonyl (C=O) groups is 2. The maximum atomic E-state index is 13.6. The molecule has 1 N–H and O–H groups in total. The number of carbonyl (C=O) groups excluding carboxylic acids is 2. The zero-order valence-electron chi connectivity index (χ0n) is 20.5. The van der Waals surface area contributed by atoms with Gasteiger partial charge in [0.2, 0.25) is 21.8 Å². The minimum absolute atomic E-state index is 0.0860. The van der Waals surface area contributed by atoms with Gasteiger partial charge in [0.1, 0.15) is 11.8 Å². The van der Waals surface area contributed by atoms with Crippen LogP contribution in [0.15, 0.2) is 79.1 Å². The van der Waals surface area contributed by atoms with E-state index in [1.807, 2.05) is 6.07 Å². The van der Waals surface area contributed by atoms with Crippen LogP contribution >= 0.6 is 0 Å². The SMILES string of the molecule is COc1ccc(CN(C(=O)CN(C)S(C)(=O)=O)C(C(=O)NCc2ccncc2)c2ccccc2)cc1. The van der Waals surface area contributed by atoms with Crippen LogP contribution < -0.4 is 10.1 Å². The third kappa shape index (κ3) is 7.37. The molecule has 0 saturated carbocycles. The van der Waals surface area contributed by atoms with E-state index in [1.165, 1.54) is 11.9 Å². The lowest BCUT2D eigenvalue weighted by molar-refractivity contribution is -0.141. The molecule has 9 nitrogen and oxygen atoms in total. The van der Waals surface area contributed by atoms with Gasteiger partial charge in [-0.2, -0.15) is 4.31 Å². The molecular formula is C26H30N4O5S. The van der Waals surface area contributed by atoms with E-state index in [0.29, 0.717) is 11.3 Å². The fourth-order valence-corrected chi connectivity index (χ4v) is 3.89. The molecule has 1 heterocycles. The molecular weight excluding hydrogens is 480 g/mol. The van der Waals surface area contributed by atoms with E-state index >= 15 is 0 Å². The molecule has 10 heteroatoms. The summed E-state index contributed by atoms with van der Waals surface area (Å²) in [6, 6.07) is 18.7. The second-order valence-corrected chi connectivity index (χ2v) is 10.4. The highest BCUT2D eigenvalue weighted by Gasteiger charge is 2.32. The van der Waals surface area contributed by atoms with Crippen molar-refractivity contribution in [3.05, 3.63) is 95.8 Å². The fraction of sp³-hybridized carbons (Fsp3) is 0.269. The Balaban J connectivity index is 1.97. The van der Waals surface area contributed by atoms with Crippen molar-refractivity contribution in [1.82, 2.24) is 19.5 Å². The number of pyridine rings is 1. The highest BCUT2D eigenvalue weighted by Crippen LogP contribution is 2.25. The number of aromatic nitrogens is 1. The summed E-state index contributed by atoms with van der Waals surface area (Å²) in [7, 11) is -0.714. The van der Waals surface area contributed by atoms with Crippen molar-refractivity contribution in [2.45, 2.75) is 19.1 Å². The van der Waals surface area contributed by atoms with E-state index in [0.717, 1.165) is 21.7 Å². The number of ether oxygens (including phenoxy) is 1. The first-order valence-corrected chi connectivity index (χ1v) is 13.1. The molecule has 190 valence electrons. The van der Waals surface area contributed by atoms with Crippen molar-refractivity contribution >= 4 is 21.8 Å². The molecule has 1 aromatic heterocycles. The van der Waals surface area contributed by atoms with Crippen LogP contribution in [0.25, 0.3) is 0 Å². The van der Waals surface area contributed by atoms with Gasteiger partial charge in [-0.25, -0.2) is 8.42 Å². The molecule has 2 aromatic carbocycles. The number of hydrogen-bond acceptors (Lipinski definition) is 6. The molecule has 0 aliphatic carbocycles. The van der Waals surface area contributed by atoms with Crippen molar-refractivity contribution in [1.29, 1.82) is 0 Å². The van der Waals surface area contributed by atoms with Gasteiger partial charge in [-0.05, 0) is 41.0 Å². The number of nitrogens with one attached hydrogen (secondary N) is 1. The molecule has 1 atom stereocenters. The molecule has 0 spiro atoms. The standard InChI is InChI=1S/C26H30N4O5S/c1-29(36(3,33)34)19-24(31)30(18-21-9-11-23(35-2)12-10-21)25(22-7-5-4-6-8-22)26(32)28-17-20-13-15-27-16-14-20/h4-16,25H,17-19H2,1-3H3,(H,28,32). The first kappa shape index (κ1) is 26.8. The quantitative estimate of drug-likeness (QED) is 0.424. The highest BCUT2D eigenvalue weighted by atomic mass is 32.2. The van der Waals surface area contributed by atoms with Crippen molar-refractivity contribution in [3.63, 3.8) is 0 Å². The Hall–Kier alpha value is -3.76. The van der Waals surface area contributed by atoms with Crippen LogP contribution in [0, 0.1) is 0 Å². The Morgan fingerprint density at radius 1 is 0.972 bits per heavy atom. The van der Waals surface area contributed by atoms with Gasteiger partial charge in [0, 0.05) is 32.5 Å². The van der Waals surface area contributed by atoms with Crippen LogP contribution in [0.2, 0.25) is 0 Å². The summed E-state index contributed by atoms with van der Waals surface area (Å²) >= 11 is 0. The highest BCUT2D eigenvalue weighted by molar-refractivity contribution is 7.88. The Bertz CT molecular complexity index is 1250. The summed E-state index contributed by atoms with van der Waals surface area (Å²) in [6.07, 6.45) is 4.30. The van der Waals surface area contributed by atoms with Crippen molar-refractivity contribution in [3.8, 4) is 5.75 Å². The van der Waals surface area contributed by atoms with Gasteiger partial charge in [0.05, 0.1) is 19.9 Å². The number of methoxy groups -OCH3 is 1. The van der Waals surface area contributed by atoms with Gasteiger partial charge in [0.15, 0.2) is 0 Å². The van der Waals surface area contributed by atoms with Crippen LogP contribution in [-0.4, -0.2) is 61.4 Å². The van der Waals surface area contributed by atoms with Crippen molar-refractivity contribution in [2.75, 3.05) is 27.0 Å². The molecule has 36 heavy (non-hydrogen) atoms. The lowest BCUT2D eigenvalue weighted by Crippen LogP contribution is -2.47. The fourth-order valence-electron chi connectivity index (χ4n) is 3.54. The second-order valence-electron chi connectivity index (χ2n) is 8.28. The van der Waals surface area contributed by atoms with Crippen molar-refractivity contribution in [2.24, 2.45) is 0 Å². The van der Waals surface area contributed by atoms with Gasteiger partial charge in [0.25, 0.3) is 0 Å². The van der Waals surface area contributed by atoms with E-state index in [-0.39, 0.29) is 19.0 Å². The van der Waals surface area contributed by atoms with E-state index in [9.17, 15) is 18.0 Å². The average Bonchev–Trinajstić information content (AvgIpc) is 2.88. The minimum Gasteiger partial charge on any atom is -0.497 e. The number of hydrogen-bond donors (Lipinski definition) is 1. The molecule has 0 aliphatic rings. The number of benzene rings is 2. The summed E-state index contributed by atoms with van der Waals surface area (Å²) in [5.74, 6) is -0.239. The molecule has 1 unspecified atom stereocenters. The Kier molecular flexibility index (Phi) is 9.15. The number of amides is 2. The van der Waals surface area contributed by atoms with Crippen LogP contribution in [0.1, 0.15) is 22.7 Å². The van der Waals surface area contributed by atoms with E-state index in [2.05, 4.69) is 10.3 Å². The molecule has 0 fully saturated rings. The second kappa shape index (κ2) is 12.3.